The van der Waals surface area contributed by atoms with Gasteiger partial charge in [0, 0.05) is 11.5 Å². The van der Waals surface area contributed by atoms with E-state index in [0.717, 1.165) is 12.0 Å². The highest BCUT2D eigenvalue weighted by Gasteiger charge is 2.22. The van der Waals surface area contributed by atoms with Crippen molar-refractivity contribution < 1.29 is 19.4 Å². The highest BCUT2D eigenvalue weighted by Crippen LogP contribution is 2.39. The number of allylic oxidation sites excluding steroid dienone is 1. The van der Waals surface area contributed by atoms with Crippen molar-refractivity contribution >= 4 is 24.7 Å². The summed E-state index contributed by atoms with van der Waals surface area (Å²) in [4.78, 5) is 20.6. The van der Waals surface area contributed by atoms with Crippen LogP contribution in [-0.2, 0) is 9.36 Å². The summed E-state index contributed by atoms with van der Waals surface area (Å²) in [5.74, 6) is -1.05. The Bertz CT molecular complexity index is 681. The minimum atomic E-state index is -3.59. The van der Waals surface area contributed by atoms with Gasteiger partial charge in [0.15, 0.2) is 0 Å². The largest absolute Gasteiger partial charge is 0.481 e. The molecule has 5 heteroatoms. The molecule has 0 fully saturated rings. The van der Waals surface area contributed by atoms with Gasteiger partial charge >= 0.3 is 5.97 Å². The summed E-state index contributed by atoms with van der Waals surface area (Å²) in [6, 6.07) is 6.91. The van der Waals surface area contributed by atoms with Crippen LogP contribution in [0.3, 0.4) is 0 Å². The van der Waals surface area contributed by atoms with Crippen LogP contribution in [0, 0.1) is 0 Å². The first kappa shape index (κ1) is 28.7. The smallest absolute Gasteiger partial charge is 0.303 e. The Labute approximate surface area is 196 Å². The zero-order valence-corrected chi connectivity index (χ0v) is 21.0. The molecule has 1 atom stereocenters. The molecule has 1 unspecified atom stereocenters. The lowest BCUT2D eigenvalue weighted by molar-refractivity contribution is -0.136. The van der Waals surface area contributed by atoms with E-state index in [0.29, 0.717) is 5.30 Å². The second kappa shape index (κ2) is 18.1. The maximum Gasteiger partial charge on any atom is 0.303 e. The summed E-state index contributed by atoms with van der Waals surface area (Å²) in [6.07, 6.45) is 23.9. The topological polar surface area (TPSA) is 74.6 Å². The van der Waals surface area contributed by atoms with E-state index >= 15 is 0 Å². The lowest BCUT2D eigenvalue weighted by Crippen LogP contribution is -2.09. The molecule has 0 spiro atoms. The molecule has 0 saturated carbocycles. The number of carboxylic acids is 1. The van der Waals surface area contributed by atoms with E-state index in [2.05, 4.69) is 13.0 Å². The molecule has 0 aromatic heterocycles. The molecule has 0 aliphatic rings. The number of unbranched alkanes of at least 4 members (excludes halogenated alkanes) is 14. The highest BCUT2D eigenvalue weighted by molar-refractivity contribution is 7.66. The van der Waals surface area contributed by atoms with Crippen LogP contribution in [0.1, 0.15) is 115 Å². The quantitative estimate of drug-likeness (QED) is 0.152. The summed E-state index contributed by atoms with van der Waals surface area (Å²) < 4.78 is 12.2. The predicted molar refractivity (Wildman–Crippen MR) is 137 cm³/mol. The van der Waals surface area contributed by atoms with Gasteiger partial charge in [-0.15, -0.1) is 0 Å². The van der Waals surface area contributed by atoms with E-state index in [1.165, 1.54) is 89.9 Å². The highest BCUT2D eigenvalue weighted by atomic mass is 31.2. The molecule has 1 aromatic carbocycles. The van der Waals surface area contributed by atoms with Gasteiger partial charge in [-0.2, -0.15) is 0 Å². The molecule has 2 N–H and O–H groups in total. The number of hydrogen-bond acceptors (Lipinski definition) is 2. The SMILES string of the molecule is CCCCCCCCCCCCCCCC/C=C/c1ccc(P(=O)(O)CCC(=O)O)cc1. The third-order valence-electron chi connectivity index (χ3n) is 5.96. The molecule has 0 aliphatic carbocycles. The van der Waals surface area contributed by atoms with Gasteiger partial charge < -0.3 is 10.00 Å². The minimum Gasteiger partial charge on any atom is -0.481 e. The van der Waals surface area contributed by atoms with Gasteiger partial charge in [-0.05, 0) is 30.5 Å². The molecule has 0 bridgehead atoms. The van der Waals surface area contributed by atoms with Crippen LogP contribution < -0.4 is 5.30 Å². The molecule has 1 aromatic rings. The van der Waals surface area contributed by atoms with E-state index in [4.69, 9.17) is 5.11 Å². The molecule has 1 rings (SSSR count). The van der Waals surface area contributed by atoms with Crippen LogP contribution in [-0.4, -0.2) is 22.1 Å². The first-order chi connectivity index (χ1) is 15.5. The number of aliphatic carboxylic acids is 1. The van der Waals surface area contributed by atoms with Crippen molar-refractivity contribution in [3.63, 3.8) is 0 Å². The molecule has 0 heterocycles. The Hall–Kier alpha value is -1.38. The van der Waals surface area contributed by atoms with E-state index in [-0.39, 0.29) is 12.6 Å². The van der Waals surface area contributed by atoms with Crippen LogP contribution in [0.2, 0.25) is 0 Å². The van der Waals surface area contributed by atoms with Crippen molar-refractivity contribution in [2.45, 2.75) is 110 Å². The van der Waals surface area contributed by atoms with Crippen molar-refractivity contribution in [1.82, 2.24) is 0 Å². The van der Waals surface area contributed by atoms with E-state index in [1.54, 1.807) is 12.1 Å². The fourth-order valence-electron chi connectivity index (χ4n) is 3.87. The maximum absolute atomic E-state index is 12.2. The van der Waals surface area contributed by atoms with E-state index in [9.17, 15) is 14.3 Å². The summed E-state index contributed by atoms with van der Waals surface area (Å²) in [5, 5.41) is 9.02. The van der Waals surface area contributed by atoms with Gasteiger partial charge in [0.25, 0.3) is 0 Å². The molecular formula is C27H45O4P. The maximum atomic E-state index is 12.2. The Morgan fingerprint density at radius 3 is 1.75 bits per heavy atom. The molecule has 0 saturated heterocycles. The van der Waals surface area contributed by atoms with Gasteiger partial charge in [0.2, 0.25) is 7.37 Å². The lowest BCUT2D eigenvalue weighted by atomic mass is 10.0. The molecule has 0 radical (unpaired) electrons. The van der Waals surface area contributed by atoms with Crippen molar-refractivity contribution in [1.29, 1.82) is 0 Å². The van der Waals surface area contributed by atoms with Gasteiger partial charge in [-0.25, -0.2) is 0 Å². The second-order valence-electron chi connectivity index (χ2n) is 8.95. The van der Waals surface area contributed by atoms with Gasteiger partial charge in [-0.1, -0.05) is 115 Å². The molecule has 0 aliphatic heterocycles. The summed E-state index contributed by atoms with van der Waals surface area (Å²) >= 11 is 0. The standard InChI is InChI=1S/C27H45O4P/c1-2-3-4-5-6-7-8-9-10-11-12-13-14-15-16-17-18-25-19-21-26(22-20-25)32(30,31)24-23-27(28)29/h17-22H,2-16,23-24H2,1H3,(H,28,29)(H,30,31)/b18-17+. The first-order valence-corrected chi connectivity index (χ1v) is 14.6. The fraction of sp³-hybridized carbons (Fsp3) is 0.667. The van der Waals surface area contributed by atoms with Crippen molar-refractivity contribution in [2.24, 2.45) is 0 Å². The Morgan fingerprint density at radius 2 is 1.28 bits per heavy atom. The zero-order valence-electron chi connectivity index (χ0n) is 20.1. The average Bonchev–Trinajstić information content (AvgIpc) is 2.78. The van der Waals surface area contributed by atoms with Crippen molar-refractivity contribution in [3.8, 4) is 0 Å². The molecule has 0 amide bonds. The third kappa shape index (κ3) is 14.6. The van der Waals surface area contributed by atoms with Crippen LogP contribution >= 0.6 is 7.37 Å². The van der Waals surface area contributed by atoms with Crippen LogP contribution in [0.4, 0.5) is 0 Å². The summed E-state index contributed by atoms with van der Waals surface area (Å²) in [6.45, 7) is 2.27. The van der Waals surface area contributed by atoms with E-state index < -0.39 is 13.3 Å². The third-order valence-corrected chi connectivity index (χ3v) is 7.89. The lowest BCUT2D eigenvalue weighted by Gasteiger charge is -2.10. The van der Waals surface area contributed by atoms with Gasteiger partial charge in [0.1, 0.15) is 0 Å². The fourth-order valence-corrected chi connectivity index (χ4v) is 5.24. The van der Waals surface area contributed by atoms with Crippen LogP contribution in [0.5, 0.6) is 0 Å². The van der Waals surface area contributed by atoms with Crippen molar-refractivity contribution in [3.05, 3.63) is 35.9 Å². The minimum absolute atomic E-state index is 0.226. The van der Waals surface area contributed by atoms with E-state index in [1.807, 2.05) is 18.2 Å². The summed E-state index contributed by atoms with van der Waals surface area (Å²) in [5.41, 5.74) is 0.998. The number of hydrogen-bond donors (Lipinski definition) is 2. The predicted octanol–water partition coefficient (Wildman–Crippen LogP) is 7.94. The normalized spacial score (nSPS) is 13.4. The Kier molecular flexibility index (Phi) is 16.2. The molecule has 32 heavy (non-hydrogen) atoms. The van der Waals surface area contributed by atoms with Gasteiger partial charge in [0.05, 0.1) is 6.42 Å². The second-order valence-corrected chi connectivity index (χ2v) is 11.3. The van der Waals surface area contributed by atoms with Crippen LogP contribution in [0.15, 0.2) is 30.3 Å². The van der Waals surface area contributed by atoms with Crippen molar-refractivity contribution in [2.75, 3.05) is 6.16 Å². The molecule has 4 nitrogen and oxygen atoms in total. The number of carbonyl (C=O) groups is 1. The van der Waals surface area contributed by atoms with Crippen LogP contribution in [0.25, 0.3) is 6.08 Å². The first-order valence-electron chi connectivity index (χ1n) is 12.8. The zero-order chi connectivity index (χ0) is 23.5. The van der Waals surface area contributed by atoms with Gasteiger partial charge in [-0.3, -0.25) is 9.36 Å². The summed E-state index contributed by atoms with van der Waals surface area (Å²) in [7, 11) is -3.59. The Balaban J connectivity index is 2.03. The number of rotatable bonds is 20. The Morgan fingerprint density at radius 1 is 0.812 bits per heavy atom. The number of carboxylic acid groups (broad SMARTS) is 1. The number of benzene rings is 1. The monoisotopic (exact) mass is 464 g/mol. The molecule has 182 valence electrons. The molecular weight excluding hydrogens is 419 g/mol. The average molecular weight is 465 g/mol.